The predicted molar refractivity (Wildman–Crippen MR) is 171 cm³/mol. The molecule has 1 saturated heterocycles. The van der Waals surface area contributed by atoms with Crippen LogP contribution in [0.2, 0.25) is 0 Å². The number of aryl methyl sites for hydroxylation is 1. The van der Waals surface area contributed by atoms with Crippen molar-refractivity contribution in [2.24, 2.45) is 7.05 Å². The molecule has 2 heterocycles. The Hall–Kier alpha value is -4.80. The molecule has 4 aromatic rings. The van der Waals surface area contributed by atoms with Gasteiger partial charge in [-0.3, -0.25) is 14.4 Å². The fourth-order valence-corrected chi connectivity index (χ4v) is 5.05. The predicted octanol–water partition coefficient (Wildman–Crippen LogP) is 4.80. The van der Waals surface area contributed by atoms with Crippen molar-refractivity contribution in [3.63, 3.8) is 0 Å². The third-order valence-electron chi connectivity index (χ3n) is 7.76. The van der Waals surface area contributed by atoms with Gasteiger partial charge in [-0.25, -0.2) is 4.98 Å². The molecule has 1 atom stereocenters. The zero-order chi connectivity index (χ0) is 31.2. The number of benzene rings is 3. The first kappa shape index (κ1) is 30.7. The minimum Gasteiger partial charge on any atom is -0.381 e. The minimum atomic E-state index is -0.298. The summed E-state index contributed by atoms with van der Waals surface area (Å²) in [7, 11) is 3.35. The number of aromatic nitrogens is 2. The molecule has 1 unspecified atom stereocenters. The van der Waals surface area contributed by atoms with Crippen LogP contribution in [0.4, 0.5) is 17.2 Å². The molecule has 3 aromatic carbocycles. The normalized spacial score (nSPS) is 13.8. The maximum absolute atomic E-state index is 13.1. The van der Waals surface area contributed by atoms with Gasteiger partial charge in [0, 0.05) is 61.5 Å². The van der Waals surface area contributed by atoms with Gasteiger partial charge in [0.05, 0.1) is 25.0 Å². The third-order valence-corrected chi connectivity index (χ3v) is 7.76. The van der Waals surface area contributed by atoms with Crippen molar-refractivity contribution in [3.8, 4) is 11.3 Å². The van der Waals surface area contributed by atoms with Crippen LogP contribution in [0.15, 0.2) is 77.7 Å². The Kier molecular flexibility index (Phi) is 9.52. The van der Waals surface area contributed by atoms with Crippen molar-refractivity contribution in [1.82, 2.24) is 14.5 Å². The van der Waals surface area contributed by atoms with E-state index in [1.807, 2.05) is 56.3 Å². The molecule has 2 N–H and O–H groups in total. The molecule has 1 aromatic heterocycles. The van der Waals surface area contributed by atoms with Crippen molar-refractivity contribution in [2.45, 2.75) is 26.4 Å². The fraction of sp³-hybridized carbons (Fsp3) is 0.294. The van der Waals surface area contributed by atoms with Crippen LogP contribution in [0.1, 0.15) is 38.8 Å². The fourth-order valence-electron chi connectivity index (χ4n) is 5.05. The van der Waals surface area contributed by atoms with Crippen molar-refractivity contribution >= 4 is 29.0 Å². The van der Waals surface area contributed by atoms with Gasteiger partial charge in [-0.1, -0.05) is 24.3 Å². The number of nitrogens with zero attached hydrogens (tertiary/aromatic N) is 3. The van der Waals surface area contributed by atoms with E-state index in [9.17, 15) is 14.4 Å². The van der Waals surface area contributed by atoms with Crippen LogP contribution < -0.4 is 16.2 Å². The lowest BCUT2D eigenvalue weighted by molar-refractivity contribution is 0.0303. The molecule has 44 heavy (non-hydrogen) atoms. The topological polar surface area (TPSA) is 115 Å². The number of ether oxygens (including phenoxy) is 2. The lowest BCUT2D eigenvalue weighted by atomic mass is 10.0. The first-order valence-electron chi connectivity index (χ1n) is 14.6. The Balaban J connectivity index is 1.33. The van der Waals surface area contributed by atoms with E-state index in [0.717, 1.165) is 23.1 Å². The summed E-state index contributed by atoms with van der Waals surface area (Å²) < 4.78 is 12.1. The quantitative estimate of drug-likeness (QED) is 0.286. The molecule has 0 aliphatic carbocycles. The Morgan fingerprint density at radius 2 is 1.68 bits per heavy atom. The van der Waals surface area contributed by atoms with E-state index in [2.05, 4.69) is 15.6 Å². The Morgan fingerprint density at radius 3 is 2.36 bits per heavy atom. The van der Waals surface area contributed by atoms with Crippen molar-refractivity contribution < 1.29 is 19.1 Å². The molecule has 10 nitrogen and oxygen atoms in total. The third kappa shape index (κ3) is 7.04. The van der Waals surface area contributed by atoms with Gasteiger partial charge in [-0.2, -0.15) is 0 Å². The van der Waals surface area contributed by atoms with Gasteiger partial charge < -0.3 is 29.6 Å². The molecule has 2 amide bonds. The maximum Gasteiger partial charge on any atom is 0.293 e. The van der Waals surface area contributed by atoms with E-state index < -0.39 is 0 Å². The molecule has 1 aliphatic heterocycles. The number of morpholine rings is 1. The first-order valence-corrected chi connectivity index (χ1v) is 14.6. The van der Waals surface area contributed by atoms with Crippen LogP contribution in [0.25, 0.3) is 11.3 Å². The highest BCUT2D eigenvalue weighted by Gasteiger charge is 2.19. The molecular formula is C34H37N5O5. The summed E-state index contributed by atoms with van der Waals surface area (Å²) in [5, 5.41) is 6.12. The van der Waals surface area contributed by atoms with E-state index in [1.54, 1.807) is 49.5 Å². The number of hydrogen-bond donors (Lipinski definition) is 2. The zero-order valence-corrected chi connectivity index (χ0v) is 25.4. The molecule has 228 valence electrons. The van der Waals surface area contributed by atoms with E-state index in [-0.39, 0.29) is 29.3 Å². The number of carbonyl (C=O) groups excluding carboxylic acids is 2. The second-order valence-corrected chi connectivity index (χ2v) is 10.9. The molecule has 1 aliphatic rings. The van der Waals surface area contributed by atoms with Gasteiger partial charge >= 0.3 is 0 Å². The summed E-state index contributed by atoms with van der Waals surface area (Å²) in [6.45, 7) is 6.12. The van der Waals surface area contributed by atoms with E-state index in [1.165, 1.54) is 4.57 Å². The average Bonchev–Trinajstić information content (AvgIpc) is 3.04. The summed E-state index contributed by atoms with van der Waals surface area (Å²) in [6, 6.07) is 20.1. The molecule has 0 radical (unpaired) electrons. The largest absolute Gasteiger partial charge is 0.381 e. The molecule has 0 saturated carbocycles. The SMILES string of the molecule is COC(C)Cc1ccc(C(=O)Nc2cccc(-c3cn(C)c(=O)c(Nc4ccc(C(=O)N5CCOCC5)cc4)n3)c2C)cc1. The maximum atomic E-state index is 13.1. The van der Waals surface area contributed by atoms with Gasteiger partial charge in [-0.15, -0.1) is 0 Å². The van der Waals surface area contributed by atoms with Crippen LogP contribution in [-0.2, 0) is 22.9 Å². The summed E-state index contributed by atoms with van der Waals surface area (Å²) in [4.78, 5) is 45.3. The van der Waals surface area contributed by atoms with E-state index in [4.69, 9.17) is 9.47 Å². The number of rotatable bonds is 9. The number of amides is 2. The highest BCUT2D eigenvalue weighted by atomic mass is 16.5. The van der Waals surface area contributed by atoms with Gasteiger partial charge in [-0.05, 0) is 73.9 Å². The van der Waals surface area contributed by atoms with Crippen LogP contribution in [0.3, 0.4) is 0 Å². The van der Waals surface area contributed by atoms with Crippen molar-refractivity contribution in [3.05, 3.63) is 106 Å². The van der Waals surface area contributed by atoms with Crippen LogP contribution >= 0.6 is 0 Å². The molecule has 10 heteroatoms. The monoisotopic (exact) mass is 595 g/mol. The van der Waals surface area contributed by atoms with Crippen LogP contribution in [0, 0.1) is 6.92 Å². The summed E-state index contributed by atoms with van der Waals surface area (Å²) in [6.07, 6.45) is 2.53. The summed E-state index contributed by atoms with van der Waals surface area (Å²) >= 11 is 0. The molecule has 0 spiro atoms. The number of nitrogens with one attached hydrogen (secondary N) is 2. The summed E-state index contributed by atoms with van der Waals surface area (Å²) in [5.74, 6) is -0.121. The van der Waals surface area contributed by atoms with E-state index >= 15 is 0 Å². The number of methoxy groups -OCH3 is 1. The zero-order valence-electron chi connectivity index (χ0n) is 25.4. The highest BCUT2D eigenvalue weighted by Crippen LogP contribution is 2.28. The van der Waals surface area contributed by atoms with Crippen LogP contribution in [-0.4, -0.2) is 65.8 Å². The summed E-state index contributed by atoms with van der Waals surface area (Å²) in [5.41, 5.74) is 5.35. The Bertz CT molecular complexity index is 1690. The average molecular weight is 596 g/mol. The second kappa shape index (κ2) is 13.7. The van der Waals surface area contributed by atoms with Crippen molar-refractivity contribution in [1.29, 1.82) is 0 Å². The molecule has 0 bridgehead atoms. The standard InChI is InChI=1S/C34H37N5O5/c1-22(43-4)20-24-8-10-25(11-9-24)32(40)37-29-7-5-6-28(23(29)2)30-21-38(3)34(42)31(36-30)35-27-14-12-26(13-15-27)33(41)39-16-18-44-19-17-39/h5-15,21-22H,16-20H2,1-4H3,(H,35,36)(H,37,40). The van der Waals surface area contributed by atoms with E-state index in [0.29, 0.717) is 54.5 Å². The van der Waals surface area contributed by atoms with Gasteiger partial charge in [0.15, 0.2) is 5.82 Å². The lowest BCUT2D eigenvalue weighted by Crippen LogP contribution is -2.40. The van der Waals surface area contributed by atoms with Crippen LogP contribution in [0.5, 0.6) is 0 Å². The lowest BCUT2D eigenvalue weighted by Gasteiger charge is -2.26. The molecule has 1 fully saturated rings. The van der Waals surface area contributed by atoms with Gasteiger partial charge in [0.1, 0.15) is 0 Å². The first-order chi connectivity index (χ1) is 21.2. The van der Waals surface area contributed by atoms with Crippen molar-refractivity contribution in [2.75, 3.05) is 44.0 Å². The number of hydrogen-bond acceptors (Lipinski definition) is 7. The smallest absolute Gasteiger partial charge is 0.293 e. The minimum absolute atomic E-state index is 0.0490. The second-order valence-electron chi connectivity index (χ2n) is 10.9. The van der Waals surface area contributed by atoms with Gasteiger partial charge in [0.2, 0.25) is 0 Å². The molecule has 5 rings (SSSR count). The number of anilines is 3. The molecular weight excluding hydrogens is 558 g/mol. The van der Waals surface area contributed by atoms with Gasteiger partial charge in [0.25, 0.3) is 17.4 Å². The Morgan fingerprint density at radius 1 is 1.00 bits per heavy atom. The highest BCUT2D eigenvalue weighted by molar-refractivity contribution is 6.05. The Labute approximate surface area is 256 Å². The number of carbonyl (C=O) groups is 2.